The van der Waals surface area contributed by atoms with Crippen molar-refractivity contribution in [3.8, 4) is 0 Å². The number of H-pyrrole nitrogens is 1. The van der Waals surface area contributed by atoms with E-state index in [9.17, 15) is 4.79 Å². The Morgan fingerprint density at radius 1 is 1.46 bits per heavy atom. The minimum Gasteiger partial charge on any atom is -0.376 e. The van der Waals surface area contributed by atoms with E-state index in [0.29, 0.717) is 25.5 Å². The molecule has 134 valence electrons. The van der Waals surface area contributed by atoms with E-state index in [-0.39, 0.29) is 24.2 Å². The molecule has 2 aliphatic rings. The van der Waals surface area contributed by atoms with Crippen molar-refractivity contribution in [2.24, 2.45) is 0 Å². The van der Waals surface area contributed by atoms with Crippen molar-refractivity contribution in [3.05, 3.63) is 11.6 Å². The molecule has 1 aromatic heterocycles. The fourth-order valence-electron chi connectivity index (χ4n) is 3.12. The number of carbonyl (C=O) groups is 1. The van der Waals surface area contributed by atoms with E-state index in [4.69, 9.17) is 9.47 Å². The van der Waals surface area contributed by atoms with Gasteiger partial charge in [0.25, 0.3) is 0 Å². The van der Waals surface area contributed by atoms with E-state index < -0.39 is 0 Å². The molecular weight excluding hydrogens is 310 g/mol. The molecular formula is C16H27N5O3. The highest BCUT2D eigenvalue weighted by atomic mass is 16.5. The van der Waals surface area contributed by atoms with Crippen molar-refractivity contribution in [2.75, 3.05) is 32.8 Å². The molecule has 0 unspecified atom stereocenters. The van der Waals surface area contributed by atoms with Gasteiger partial charge in [-0.2, -0.15) is 5.10 Å². The van der Waals surface area contributed by atoms with Crippen LogP contribution in [0.15, 0.2) is 0 Å². The van der Waals surface area contributed by atoms with Gasteiger partial charge in [-0.25, -0.2) is 4.98 Å². The molecule has 1 amide bonds. The second kappa shape index (κ2) is 8.04. The zero-order valence-electron chi connectivity index (χ0n) is 14.5. The number of carbonyl (C=O) groups excluding carboxylic acids is 1. The Kier molecular flexibility index (Phi) is 5.80. The monoisotopic (exact) mass is 337 g/mol. The Morgan fingerprint density at radius 3 is 3.04 bits per heavy atom. The molecule has 24 heavy (non-hydrogen) atoms. The molecule has 0 aliphatic carbocycles. The van der Waals surface area contributed by atoms with Gasteiger partial charge in [0, 0.05) is 32.7 Å². The molecule has 3 rings (SSSR count). The van der Waals surface area contributed by atoms with Crippen molar-refractivity contribution in [3.63, 3.8) is 0 Å². The smallest absolute Gasteiger partial charge is 0.237 e. The van der Waals surface area contributed by atoms with Gasteiger partial charge in [-0.05, 0) is 19.8 Å². The highest BCUT2D eigenvalue weighted by Gasteiger charge is 2.31. The van der Waals surface area contributed by atoms with Gasteiger partial charge in [0.05, 0.1) is 18.8 Å². The molecule has 0 bridgehead atoms. The van der Waals surface area contributed by atoms with Gasteiger partial charge >= 0.3 is 0 Å². The van der Waals surface area contributed by atoms with Crippen molar-refractivity contribution >= 4 is 5.91 Å². The molecule has 0 spiro atoms. The Bertz CT molecular complexity index is 544. The highest BCUT2D eigenvalue weighted by molar-refractivity contribution is 5.81. The molecule has 2 aliphatic heterocycles. The van der Waals surface area contributed by atoms with Gasteiger partial charge in [-0.3, -0.25) is 14.8 Å². The molecule has 2 saturated heterocycles. The number of ether oxygens (including phenoxy) is 2. The molecule has 3 atom stereocenters. The highest BCUT2D eigenvalue weighted by Crippen LogP contribution is 2.21. The predicted octanol–water partition coefficient (Wildman–Crippen LogP) is 0.424. The molecule has 0 aromatic carbocycles. The maximum Gasteiger partial charge on any atom is 0.237 e. The third kappa shape index (κ3) is 4.12. The number of aromatic amines is 1. The van der Waals surface area contributed by atoms with Crippen LogP contribution in [0, 0.1) is 0 Å². The number of aromatic nitrogens is 3. The first-order valence-electron chi connectivity index (χ1n) is 8.83. The number of rotatable bonds is 6. The second-order valence-electron chi connectivity index (χ2n) is 6.40. The van der Waals surface area contributed by atoms with Crippen LogP contribution in [-0.4, -0.2) is 71.0 Å². The van der Waals surface area contributed by atoms with Gasteiger partial charge in [-0.15, -0.1) is 0 Å². The number of amides is 1. The van der Waals surface area contributed by atoms with Crippen LogP contribution in [0.5, 0.6) is 0 Å². The van der Waals surface area contributed by atoms with Crippen LogP contribution >= 0.6 is 0 Å². The van der Waals surface area contributed by atoms with Crippen LogP contribution in [0.25, 0.3) is 0 Å². The zero-order valence-corrected chi connectivity index (χ0v) is 14.5. The van der Waals surface area contributed by atoms with E-state index in [1.807, 2.05) is 13.8 Å². The summed E-state index contributed by atoms with van der Waals surface area (Å²) in [6, 6.07) is -0.206. The van der Waals surface area contributed by atoms with E-state index in [0.717, 1.165) is 38.2 Å². The molecule has 8 nitrogen and oxygen atoms in total. The lowest BCUT2D eigenvalue weighted by Crippen LogP contribution is -2.51. The van der Waals surface area contributed by atoms with Crippen LogP contribution in [0.3, 0.4) is 0 Å². The Balaban J connectivity index is 1.51. The van der Waals surface area contributed by atoms with Crippen molar-refractivity contribution in [1.29, 1.82) is 0 Å². The molecule has 0 radical (unpaired) electrons. The lowest BCUT2D eigenvalue weighted by molar-refractivity contribution is -0.130. The molecule has 8 heteroatoms. The summed E-state index contributed by atoms with van der Waals surface area (Å²) in [5.41, 5.74) is 0. The van der Waals surface area contributed by atoms with Crippen LogP contribution in [0.2, 0.25) is 0 Å². The summed E-state index contributed by atoms with van der Waals surface area (Å²) in [4.78, 5) is 19.0. The third-order valence-corrected chi connectivity index (χ3v) is 4.72. The van der Waals surface area contributed by atoms with Gasteiger partial charge in [-0.1, -0.05) is 6.92 Å². The Hall–Kier alpha value is -1.51. The van der Waals surface area contributed by atoms with Crippen molar-refractivity contribution in [2.45, 2.75) is 51.4 Å². The number of aryl methyl sites for hydroxylation is 1. The molecule has 1 aromatic rings. The first-order valence-corrected chi connectivity index (χ1v) is 8.83. The predicted molar refractivity (Wildman–Crippen MR) is 87.5 cm³/mol. The lowest BCUT2D eigenvalue weighted by Gasteiger charge is -2.35. The summed E-state index contributed by atoms with van der Waals surface area (Å²) in [6.45, 7) is 7.28. The normalized spacial score (nSPS) is 26.4. The number of nitrogens with one attached hydrogen (secondary N) is 2. The SMILES string of the molecule is CCc1nc([C@@H]2CN([C@H](C)C(=O)NC[C@H]3CCCO3)CCO2)n[nH]1. The Labute approximate surface area is 142 Å². The molecule has 3 heterocycles. The standard InChI is InChI=1S/C16H27N5O3/c1-3-14-18-15(20-19-14)13-10-21(6-8-24-13)11(2)16(22)17-9-12-5-4-7-23-12/h11-13H,3-10H2,1-2H3,(H,17,22)(H,18,19,20)/t11-,12-,13+/m1/s1. The quantitative estimate of drug-likeness (QED) is 0.782. The third-order valence-electron chi connectivity index (χ3n) is 4.72. The number of nitrogens with zero attached hydrogens (tertiary/aromatic N) is 3. The summed E-state index contributed by atoms with van der Waals surface area (Å²) in [6.07, 6.45) is 2.89. The fourth-order valence-corrected chi connectivity index (χ4v) is 3.12. The first-order chi connectivity index (χ1) is 11.7. The average molecular weight is 337 g/mol. The maximum absolute atomic E-state index is 12.4. The van der Waals surface area contributed by atoms with Crippen LogP contribution < -0.4 is 5.32 Å². The summed E-state index contributed by atoms with van der Waals surface area (Å²) in [5.74, 6) is 1.56. The van der Waals surface area contributed by atoms with Crippen molar-refractivity contribution < 1.29 is 14.3 Å². The van der Waals surface area contributed by atoms with Gasteiger partial charge in [0.2, 0.25) is 5.91 Å². The van der Waals surface area contributed by atoms with Gasteiger partial charge in [0.1, 0.15) is 11.9 Å². The van der Waals surface area contributed by atoms with Crippen molar-refractivity contribution in [1.82, 2.24) is 25.4 Å². The number of morpholine rings is 1. The topological polar surface area (TPSA) is 92.4 Å². The summed E-state index contributed by atoms with van der Waals surface area (Å²) in [7, 11) is 0. The number of hydrogen-bond acceptors (Lipinski definition) is 6. The average Bonchev–Trinajstić information content (AvgIpc) is 3.30. The lowest BCUT2D eigenvalue weighted by atomic mass is 10.2. The Morgan fingerprint density at radius 2 is 2.33 bits per heavy atom. The van der Waals surface area contributed by atoms with Gasteiger partial charge < -0.3 is 14.8 Å². The fraction of sp³-hybridized carbons (Fsp3) is 0.812. The minimum absolute atomic E-state index is 0.0374. The first kappa shape index (κ1) is 17.3. The molecule has 0 saturated carbocycles. The maximum atomic E-state index is 12.4. The summed E-state index contributed by atoms with van der Waals surface area (Å²) >= 11 is 0. The van der Waals surface area contributed by atoms with Crippen LogP contribution in [-0.2, 0) is 20.7 Å². The molecule has 2 N–H and O–H groups in total. The zero-order chi connectivity index (χ0) is 16.9. The van der Waals surface area contributed by atoms with E-state index in [2.05, 4.69) is 25.4 Å². The minimum atomic E-state index is -0.206. The summed E-state index contributed by atoms with van der Waals surface area (Å²) < 4.78 is 11.3. The van der Waals surface area contributed by atoms with E-state index in [1.54, 1.807) is 0 Å². The second-order valence-corrected chi connectivity index (χ2v) is 6.40. The van der Waals surface area contributed by atoms with Gasteiger partial charge in [0.15, 0.2) is 5.82 Å². The van der Waals surface area contributed by atoms with Crippen LogP contribution in [0.4, 0.5) is 0 Å². The van der Waals surface area contributed by atoms with E-state index in [1.165, 1.54) is 0 Å². The molecule has 2 fully saturated rings. The summed E-state index contributed by atoms with van der Waals surface area (Å²) in [5, 5.41) is 10.2. The van der Waals surface area contributed by atoms with E-state index >= 15 is 0 Å². The largest absolute Gasteiger partial charge is 0.376 e. The number of hydrogen-bond donors (Lipinski definition) is 2. The van der Waals surface area contributed by atoms with Crippen LogP contribution in [0.1, 0.15) is 44.4 Å².